The van der Waals surface area contributed by atoms with Crippen LogP contribution in [0, 0.1) is 5.92 Å². The third kappa shape index (κ3) is 10.9. The van der Waals surface area contributed by atoms with E-state index in [1.54, 1.807) is 39.6 Å². The molecule has 192 valence electrons. The number of hydrogen-bond acceptors (Lipinski definition) is 5. The van der Waals surface area contributed by atoms with Gasteiger partial charge in [0.05, 0.1) is 27.2 Å². The molecule has 0 heterocycles. The monoisotopic (exact) mass is 521 g/mol. The normalized spacial score (nSPS) is 13.6. The van der Waals surface area contributed by atoms with E-state index in [0.29, 0.717) is 40.5 Å². The van der Waals surface area contributed by atoms with Gasteiger partial charge in [0, 0.05) is 24.2 Å². The average Bonchev–Trinajstić information content (AvgIpc) is 2.85. The van der Waals surface area contributed by atoms with Crippen LogP contribution in [0.2, 0.25) is 0 Å². The maximum Gasteiger partial charge on any atom is 0.227 e. The molecule has 0 bridgehead atoms. The summed E-state index contributed by atoms with van der Waals surface area (Å²) in [5.74, 6) is 1.48. The van der Waals surface area contributed by atoms with Gasteiger partial charge in [0.15, 0.2) is 16.6 Å². The minimum absolute atomic E-state index is 0.0921. The van der Waals surface area contributed by atoms with E-state index in [9.17, 15) is 4.79 Å². The summed E-state index contributed by atoms with van der Waals surface area (Å²) in [6.07, 6.45) is 13.0. The summed E-state index contributed by atoms with van der Waals surface area (Å²) in [5.41, 5.74) is 1.55. The van der Waals surface area contributed by atoms with Crippen molar-refractivity contribution in [2.75, 3.05) is 27.2 Å². The molecule has 1 amide bonds. The number of methoxy groups -OCH3 is 3. The fourth-order valence-electron chi connectivity index (χ4n) is 3.00. The van der Waals surface area contributed by atoms with E-state index in [1.807, 2.05) is 57.2 Å². The molecule has 0 spiro atoms. The first kappa shape index (κ1) is 30.1. The Balaban J connectivity index is 2.87. The van der Waals surface area contributed by atoms with Gasteiger partial charge in [-0.25, -0.2) is 0 Å². The van der Waals surface area contributed by atoms with Crippen molar-refractivity contribution in [3.05, 3.63) is 65.9 Å². The molecule has 0 saturated carbocycles. The van der Waals surface area contributed by atoms with Crippen LogP contribution in [0.5, 0.6) is 17.2 Å². The van der Waals surface area contributed by atoms with Gasteiger partial charge < -0.3 is 30.2 Å². The van der Waals surface area contributed by atoms with E-state index in [-0.39, 0.29) is 11.9 Å². The Bertz CT molecular complexity index is 935. The molecule has 0 radical (unpaired) electrons. The maximum absolute atomic E-state index is 12.6. The number of nitrogens with one attached hydrogen (secondary N) is 3. The Morgan fingerprint density at radius 1 is 1.11 bits per heavy atom. The van der Waals surface area contributed by atoms with Crippen molar-refractivity contribution in [1.82, 2.24) is 16.0 Å². The zero-order valence-electron chi connectivity index (χ0n) is 21.2. The minimum atomic E-state index is -0.395. The van der Waals surface area contributed by atoms with Crippen molar-refractivity contribution in [2.45, 2.75) is 33.4 Å². The molecule has 2 atom stereocenters. The van der Waals surface area contributed by atoms with Gasteiger partial charge in [0.25, 0.3) is 0 Å². The Morgan fingerprint density at radius 2 is 1.77 bits per heavy atom. The number of carbonyl (C=O) groups excluding carboxylic acids is 1. The molecule has 0 saturated heterocycles. The standard InChI is InChI=1S/C26H36ClN3O4S/c1-7-8-9-11-19(3)29-25(31)18(2)14-21(12-10-13-27)30-26(35)28-17-20-15-22(32-4)24(34-6)23(16-20)33-5/h7-12,14-16,18-19H,13,17H2,1-6H3,(H,29,31)(H2,28,30,35)/b8-7-,11-9-,12-10-,21-14+. The third-order valence-corrected chi connectivity index (χ3v) is 5.16. The summed E-state index contributed by atoms with van der Waals surface area (Å²) in [6.45, 7) is 6.10. The topological polar surface area (TPSA) is 80.9 Å². The highest BCUT2D eigenvalue weighted by Gasteiger charge is 2.15. The SMILES string of the molecule is C/C=C\C=C/C(C)NC(=O)C(C)/C=C(\C=C/CCl)NC(=S)NCc1cc(OC)c(OC)c(OC)c1. The molecule has 1 aromatic carbocycles. The van der Waals surface area contributed by atoms with Crippen LogP contribution in [-0.4, -0.2) is 44.3 Å². The van der Waals surface area contributed by atoms with E-state index >= 15 is 0 Å². The predicted molar refractivity (Wildman–Crippen MR) is 147 cm³/mol. The molecule has 1 rings (SSSR count). The van der Waals surface area contributed by atoms with Crippen molar-refractivity contribution in [1.29, 1.82) is 0 Å². The van der Waals surface area contributed by atoms with Gasteiger partial charge in [-0.1, -0.05) is 37.3 Å². The first-order valence-electron chi connectivity index (χ1n) is 11.2. The van der Waals surface area contributed by atoms with Crippen molar-refractivity contribution < 1.29 is 19.0 Å². The number of hydrogen-bond donors (Lipinski definition) is 3. The summed E-state index contributed by atoms with van der Waals surface area (Å²) in [7, 11) is 4.69. The molecule has 3 N–H and O–H groups in total. The van der Waals surface area contributed by atoms with Gasteiger partial charge in [-0.15, -0.1) is 11.6 Å². The van der Waals surface area contributed by atoms with Crippen LogP contribution in [0.15, 0.2) is 60.4 Å². The second-order valence-corrected chi connectivity index (χ2v) is 8.23. The zero-order chi connectivity index (χ0) is 26.2. The van der Waals surface area contributed by atoms with Crippen molar-refractivity contribution in [2.24, 2.45) is 5.92 Å². The Labute approximate surface area is 219 Å². The highest BCUT2D eigenvalue weighted by atomic mass is 35.5. The van der Waals surface area contributed by atoms with Crippen molar-refractivity contribution in [3.8, 4) is 17.2 Å². The Kier molecular flexibility index (Phi) is 14.3. The summed E-state index contributed by atoms with van der Waals surface area (Å²) in [4.78, 5) is 12.6. The number of amides is 1. The highest BCUT2D eigenvalue weighted by molar-refractivity contribution is 7.80. The molecule has 9 heteroatoms. The van der Waals surface area contributed by atoms with Gasteiger partial charge in [-0.05, 0) is 55.9 Å². The molecule has 0 aliphatic rings. The van der Waals surface area contributed by atoms with Crippen molar-refractivity contribution in [3.63, 3.8) is 0 Å². The van der Waals surface area contributed by atoms with Gasteiger partial charge in [-0.2, -0.15) is 0 Å². The number of alkyl halides is 1. The zero-order valence-corrected chi connectivity index (χ0v) is 22.8. The molecule has 7 nitrogen and oxygen atoms in total. The average molecular weight is 522 g/mol. The number of rotatable bonds is 13. The summed E-state index contributed by atoms with van der Waals surface area (Å²) in [6, 6.07) is 3.60. The first-order valence-corrected chi connectivity index (χ1v) is 12.1. The van der Waals surface area contributed by atoms with E-state index in [2.05, 4.69) is 16.0 Å². The van der Waals surface area contributed by atoms with E-state index in [1.165, 1.54) is 0 Å². The van der Waals surface area contributed by atoms with E-state index < -0.39 is 5.92 Å². The number of halogens is 1. The fourth-order valence-corrected chi connectivity index (χ4v) is 3.28. The largest absolute Gasteiger partial charge is 0.493 e. The van der Waals surface area contributed by atoms with Crippen LogP contribution in [0.25, 0.3) is 0 Å². The summed E-state index contributed by atoms with van der Waals surface area (Å²) < 4.78 is 16.2. The Morgan fingerprint density at radius 3 is 2.31 bits per heavy atom. The van der Waals surface area contributed by atoms with Gasteiger partial charge in [0.1, 0.15) is 0 Å². The highest BCUT2D eigenvalue weighted by Crippen LogP contribution is 2.38. The van der Waals surface area contributed by atoms with Crippen LogP contribution < -0.4 is 30.2 Å². The maximum atomic E-state index is 12.6. The van der Waals surface area contributed by atoms with Gasteiger partial charge in [-0.3, -0.25) is 4.79 Å². The predicted octanol–water partition coefficient (Wildman–Crippen LogP) is 4.63. The second-order valence-electron chi connectivity index (χ2n) is 7.52. The molecular formula is C26H36ClN3O4S. The molecule has 0 aliphatic heterocycles. The quantitative estimate of drug-likeness (QED) is 0.198. The summed E-state index contributed by atoms with van der Waals surface area (Å²) >= 11 is 11.3. The van der Waals surface area contributed by atoms with Crippen LogP contribution in [-0.2, 0) is 11.3 Å². The fraction of sp³-hybridized carbons (Fsp3) is 0.385. The molecule has 1 aromatic rings. The van der Waals surface area contributed by atoms with Crippen LogP contribution in [0.4, 0.5) is 0 Å². The lowest BCUT2D eigenvalue weighted by atomic mass is 10.1. The Hall–Kier alpha value is -2.97. The lowest BCUT2D eigenvalue weighted by molar-refractivity contribution is -0.123. The molecule has 0 fully saturated rings. The number of allylic oxidation sites excluding steroid dienone is 5. The van der Waals surface area contributed by atoms with Crippen molar-refractivity contribution >= 4 is 34.8 Å². The first-order chi connectivity index (χ1) is 16.8. The number of carbonyl (C=O) groups is 1. The molecule has 0 aromatic heterocycles. The number of thiocarbonyl (C=S) groups is 1. The minimum Gasteiger partial charge on any atom is -0.493 e. The molecule has 35 heavy (non-hydrogen) atoms. The van der Waals surface area contributed by atoms with Crippen LogP contribution in [0.3, 0.4) is 0 Å². The van der Waals surface area contributed by atoms with Gasteiger partial charge in [0.2, 0.25) is 11.7 Å². The molecule has 2 unspecified atom stereocenters. The van der Waals surface area contributed by atoms with Crippen LogP contribution in [0.1, 0.15) is 26.3 Å². The molecule has 0 aliphatic carbocycles. The van der Waals surface area contributed by atoms with Gasteiger partial charge >= 0.3 is 0 Å². The smallest absolute Gasteiger partial charge is 0.227 e. The molecular weight excluding hydrogens is 486 g/mol. The van der Waals surface area contributed by atoms with E-state index in [4.69, 9.17) is 38.0 Å². The second kappa shape index (κ2) is 16.6. The summed E-state index contributed by atoms with van der Waals surface area (Å²) in [5, 5.41) is 9.64. The number of benzene rings is 1. The number of ether oxygens (including phenoxy) is 3. The van der Waals surface area contributed by atoms with E-state index in [0.717, 1.165) is 5.56 Å². The lowest BCUT2D eigenvalue weighted by Gasteiger charge is -2.17. The van der Waals surface area contributed by atoms with Crippen LogP contribution >= 0.6 is 23.8 Å². The lowest BCUT2D eigenvalue weighted by Crippen LogP contribution is -2.36. The third-order valence-electron chi connectivity index (χ3n) is 4.74.